The molecule has 66 valence electrons. The van der Waals surface area contributed by atoms with Crippen molar-refractivity contribution in [2.24, 2.45) is 0 Å². The lowest BCUT2D eigenvalue weighted by Gasteiger charge is -2.04. The Kier molecular flexibility index (Phi) is 1.63. The van der Waals surface area contributed by atoms with Gasteiger partial charge in [0.15, 0.2) is 11.7 Å². The number of rotatable bonds is 0. The third-order valence-electron chi connectivity index (χ3n) is 1.58. The monoisotopic (exact) mass is 177 g/mol. The first-order valence-corrected chi connectivity index (χ1v) is 3.69. The Labute approximate surface area is 74.1 Å². The summed E-state index contributed by atoms with van der Waals surface area (Å²) in [7, 11) is 0. The molecule has 1 amide bonds. The van der Waals surface area contributed by atoms with Gasteiger partial charge < -0.3 is 15.7 Å². The van der Waals surface area contributed by atoms with Crippen molar-refractivity contribution < 1.29 is 9.90 Å². The highest BCUT2D eigenvalue weighted by Gasteiger charge is 2.12. The van der Waals surface area contributed by atoms with E-state index in [1.807, 2.05) is 0 Å². The standard InChI is InChI=1S/C8H7N3O2/c12-6-4-7(13)11-8-5(10-6)2-1-3-9-8/h1-4,13H,(H,9,11)(H,10,12). The number of hydrogen-bond donors (Lipinski definition) is 3. The van der Waals surface area contributed by atoms with E-state index < -0.39 is 0 Å². The number of carbonyl (C=O) groups is 1. The molecule has 13 heavy (non-hydrogen) atoms. The highest BCUT2D eigenvalue weighted by atomic mass is 16.3. The van der Waals surface area contributed by atoms with Crippen LogP contribution in [0, 0.1) is 0 Å². The molecule has 1 aliphatic rings. The first-order chi connectivity index (χ1) is 6.25. The number of amides is 1. The van der Waals surface area contributed by atoms with E-state index in [2.05, 4.69) is 15.6 Å². The number of aliphatic hydroxyl groups is 1. The van der Waals surface area contributed by atoms with Crippen molar-refractivity contribution in [2.75, 3.05) is 10.6 Å². The van der Waals surface area contributed by atoms with E-state index >= 15 is 0 Å². The van der Waals surface area contributed by atoms with Crippen LogP contribution >= 0.6 is 0 Å². The molecule has 0 bridgehead atoms. The van der Waals surface area contributed by atoms with Gasteiger partial charge in [-0.1, -0.05) is 0 Å². The van der Waals surface area contributed by atoms with E-state index in [0.29, 0.717) is 11.5 Å². The molecule has 0 aromatic carbocycles. The molecule has 0 fully saturated rings. The number of carbonyl (C=O) groups excluding carboxylic acids is 1. The smallest absolute Gasteiger partial charge is 0.253 e. The molecule has 1 aromatic rings. The minimum Gasteiger partial charge on any atom is -0.494 e. The van der Waals surface area contributed by atoms with Crippen LogP contribution in [0.3, 0.4) is 0 Å². The van der Waals surface area contributed by atoms with E-state index in [4.69, 9.17) is 5.11 Å². The first kappa shape index (κ1) is 7.60. The van der Waals surface area contributed by atoms with Gasteiger partial charge in [-0.15, -0.1) is 0 Å². The molecule has 0 saturated heterocycles. The second-order valence-electron chi connectivity index (χ2n) is 2.54. The van der Waals surface area contributed by atoms with Crippen molar-refractivity contribution in [2.45, 2.75) is 0 Å². The Morgan fingerprint density at radius 1 is 1.38 bits per heavy atom. The molecular weight excluding hydrogens is 170 g/mol. The Morgan fingerprint density at radius 2 is 2.23 bits per heavy atom. The Balaban J connectivity index is 2.46. The lowest BCUT2D eigenvalue weighted by atomic mass is 10.4. The molecule has 0 saturated carbocycles. The third kappa shape index (κ3) is 1.44. The van der Waals surface area contributed by atoms with Crippen LogP contribution in [0.5, 0.6) is 0 Å². The molecule has 1 aliphatic heterocycles. The topological polar surface area (TPSA) is 74.2 Å². The molecule has 0 atom stereocenters. The van der Waals surface area contributed by atoms with Crippen LogP contribution in [-0.2, 0) is 4.79 Å². The fraction of sp³-hybridized carbons (Fsp3) is 0. The number of fused-ring (bicyclic) bond motifs is 1. The van der Waals surface area contributed by atoms with Crippen LogP contribution < -0.4 is 10.6 Å². The van der Waals surface area contributed by atoms with Crippen molar-refractivity contribution in [1.29, 1.82) is 0 Å². The zero-order valence-electron chi connectivity index (χ0n) is 6.61. The van der Waals surface area contributed by atoms with E-state index in [9.17, 15) is 4.79 Å². The van der Waals surface area contributed by atoms with Gasteiger partial charge >= 0.3 is 0 Å². The summed E-state index contributed by atoms with van der Waals surface area (Å²) >= 11 is 0. The molecule has 2 heterocycles. The summed E-state index contributed by atoms with van der Waals surface area (Å²) < 4.78 is 0. The lowest BCUT2D eigenvalue weighted by Crippen LogP contribution is -2.06. The Morgan fingerprint density at radius 3 is 3.08 bits per heavy atom. The normalized spacial score (nSPS) is 14.8. The van der Waals surface area contributed by atoms with Gasteiger partial charge in [0.1, 0.15) is 0 Å². The maximum atomic E-state index is 11.0. The van der Waals surface area contributed by atoms with Crippen LogP contribution in [-0.4, -0.2) is 16.0 Å². The zero-order valence-corrected chi connectivity index (χ0v) is 6.61. The Bertz CT molecular complexity index is 387. The number of nitrogens with zero attached hydrogens (tertiary/aromatic N) is 1. The summed E-state index contributed by atoms with van der Waals surface area (Å²) in [6.45, 7) is 0. The van der Waals surface area contributed by atoms with Gasteiger partial charge in [-0.25, -0.2) is 4.98 Å². The van der Waals surface area contributed by atoms with Gasteiger partial charge in [-0.05, 0) is 12.1 Å². The average molecular weight is 177 g/mol. The lowest BCUT2D eigenvalue weighted by molar-refractivity contribution is -0.112. The van der Waals surface area contributed by atoms with Gasteiger partial charge in [-0.2, -0.15) is 0 Å². The molecule has 0 spiro atoms. The SMILES string of the molecule is O=C1C=C(O)Nc2ncccc2N1. The van der Waals surface area contributed by atoms with Gasteiger partial charge in [-0.3, -0.25) is 4.79 Å². The molecule has 2 rings (SSSR count). The third-order valence-corrected chi connectivity index (χ3v) is 1.58. The van der Waals surface area contributed by atoms with E-state index in [0.717, 1.165) is 6.08 Å². The van der Waals surface area contributed by atoms with Gasteiger partial charge in [0, 0.05) is 6.20 Å². The fourth-order valence-corrected chi connectivity index (χ4v) is 1.06. The van der Waals surface area contributed by atoms with Crippen LogP contribution in [0.2, 0.25) is 0 Å². The second-order valence-corrected chi connectivity index (χ2v) is 2.54. The summed E-state index contributed by atoms with van der Waals surface area (Å²) in [6.07, 6.45) is 2.62. The number of aromatic nitrogens is 1. The van der Waals surface area contributed by atoms with E-state index in [1.54, 1.807) is 18.3 Å². The fourth-order valence-electron chi connectivity index (χ4n) is 1.06. The quantitative estimate of drug-likeness (QED) is 0.549. The van der Waals surface area contributed by atoms with E-state index in [-0.39, 0.29) is 11.8 Å². The first-order valence-electron chi connectivity index (χ1n) is 3.69. The van der Waals surface area contributed by atoms with Crippen molar-refractivity contribution in [3.05, 3.63) is 30.3 Å². The number of nitrogens with one attached hydrogen (secondary N) is 2. The summed E-state index contributed by atoms with van der Waals surface area (Å²) in [4.78, 5) is 15.0. The molecule has 0 unspecified atom stereocenters. The molecule has 5 nitrogen and oxygen atoms in total. The molecule has 1 aromatic heterocycles. The summed E-state index contributed by atoms with van der Waals surface area (Å²) in [6, 6.07) is 3.39. The summed E-state index contributed by atoms with van der Waals surface area (Å²) in [5.41, 5.74) is 0.549. The Hall–Kier alpha value is -2.04. The van der Waals surface area contributed by atoms with Crippen LogP contribution in [0.4, 0.5) is 11.5 Å². The zero-order chi connectivity index (χ0) is 9.26. The van der Waals surface area contributed by atoms with Crippen LogP contribution in [0.25, 0.3) is 0 Å². The number of pyridine rings is 1. The second kappa shape index (κ2) is 2.78. The predicted molar refractivity (Wildman–Crippen MR) is 47.2 cm³/mol. The van der Waals surface area contributed by atoms with Gasteiger partial charge in [0.2, 0.25) is 0 Å². The van der Waals surface area contributed by atoms with Gasteiger partial charge in [0.25, 0.3) is 5.91 Å². The summed E-state index contributed by atoms with van der Waals surface area (Å²) in [5.74, 6) is -0.159. The minimum absolute atomic E-state index is 0.213. The van der Waals surface area contributed by atoms with Gasteiger partial charge in [0.05, 0.1) is 11.8 Å². The van der Waals surface area contributed by atoms with E-state index in [1.165, 1.54) is 0 Å². The molecule has 5 heteroatoms. The van der Waals surface area contributed by atoms with Crippen LogP contribution in [0.15, 0.2) is 30.3 Å². The van der Waals surface area contributed by atoms with Crippen molar-refractivity contribution in [3.63, 3.8) is 0 Å². The summed E-state index contributed by atoms with van der Waals surface area (Å²) in [5, 5.41) is 14.3. The van der Waals surface area contributed by atoms with Crippen molar-refractivity contribution in [3.8, 4) is 0 Å². The molecule has 0 aliphatic carbocycles. The average Bonchev–Trinajstić information content (AvgIpc) is 2.20. The highest BCUT2D eigenvalue weighted by molar-refractivity contribution is 6.02. The molecule has 0 radical (unpaired) electrons. The number of hydrogen-bond acceptors (Lipinski definition) is 4. The number of anilines is 2. The maximum Gasteiger partial charge on any atom is 0.253 e. The maximum absolute atomic E-state index is 11.0. The van der Waals surface area contributed by atoms with Crippen molar-refractivity contribution >= 4 is 17.4 Å². The number of aliphatic hydroxyl groups excluding tert-OH is 1. The van der Waals surface area contributed by atoms with Crippen molar-refractivity contribution in [1.82, 2.24) is 4.98 Å². The highest BCUT2D eigenvalue weighted by Crippen LogP contribution is 2.20. The van der Waals surface area contributed by atoms with Crippen LogP contribution in [0.1, 0.15) is 0 Å². The predicted octanol–water partition coefficient (Wildman–Crippen LogP) is 0.845. The molecule has 3 N–H and O–H groups in total. The largest absolute Gasteiger partial charge is 0.494 e. The minimum atomic E-state index is -0.378. The molecular formula is C8H7N3O2.